The average molecular weight is 284 g/mol. The summed E-state index contributed by atoms with van der Waals surface area (Å²) in [4.78, 5) is 5.41. The summed E-state index contributed by atoms with van der Waals surface area (Å²) in [5.41, 5.74) is -0.772. The first-order chi connectivity index (χ1) is 9.45. The molecule has 1 unspecified atom stereocenters. The van der Waals surface area contributed by atoms with E-state index < -0.39 is 11.9 Å². The standard InChI is InChI=1S/C13H15F3N4/c1-18-7-9-4-5-20(8-9)12-10(6-17)2-3-11(19-12)13(14,15)16/h2-3,9,18H,4-5,7-8H2,1H3. The van der Waals surface area contributed by atoms with Crippen LogP contribution in [0.1, 0.15) is 17.7 Å². The van der Waals surface area contributed by atoms with E-state index in [2.05, 4.69) is 10.3 Å². The third kappa shape index (κ3) is 3.02. The minimum absolute atomic E-state index is 0.140. The molecule has 0 bridgehead atoms. The molecule has 2 rings (SSSR count). The summed E-state index contributed by atoms with van der Waals surface area (Å²) in [6.07, 6.45) is -3.61. The van der Waals surface area contributed by atoms with Crippen LogP contribution in [0.2, 0.25) is 0 Å². The summed E-state index contributed by atoms with van der Waals surface area (Å²) < 4.78 is 38.1. The minimum atomic E-state index is -4.49. The zero-order chi connectivity index (χ0) is 14.8. The summed E-state index contributed by atoms with van der Waals surface area (Å²) in [5, 5.41) is 12.1. The number of pyridine rings is 1. The summed E-state index contributed by atoms with van der Waals surface area (Å²) in [5.74, 6) is 0.504. The van der Waals surface area contributed by atoms with Crippen LogP contribution in [-0.2, 0) is 6.18 Å². The van der Waals surface area contributed by atoms with Crippen LogP contribution < -0.4 is 10.2 Å². The van der Waals surface area contributed by atoms with Gasteiger partial charge in [-0.3, -0.25) is 0 Å². The van der Waals surface area contributed by atoms with E-state index in [1.807, 2.05) is 13.1 Å². The van der Waals surface area contributed by atoms with Crippen LogP contribution in [0, 0.1) is 17.2 Å². The fourth-order valence-electron chi connectivity index (χ4n) is 2.41. The first-order valence-electron chi connectivity index (χ1n) is 6.33. The van der Waals surface area contributed by atoms with Crippen LogP contribution in [-0.4, -0.2) is 31.7 Å². The Morgan fingerprint density at radius 3 is 2.85 bits per heavy atom. The normalized spacial score (nSPS) is 19.1. The fourth-order valence-corrected chi connectivity index (χ4v) is 2.41. The predicted octanol–water partition coefficient (Wildman–Crippen LogP) is 2.02. The van der Waals surface area contributed by atoms with Gasteiger partial charge in [0.15, 0.2) is 0 Å². The predicted molar refractivity (Wildman–Crippen MR) is 68.2 cm³/mol. The molecule has 0 aliphatic carbocycles. The van der Waals surface area contributed by atoms with Gasteiger partial charge in [-0.15, -0.1) is 0 Å². The molecule has 0 saturated carbocycles. The lowest BCUT2D eigenvalue weighted by Gasteiger charge is -2.20. The van der Waals surface area contributed by atoms with Crippen LogP contribution in [0.5, 0.6) is 0 Å². The molecule has 7 heteroatoms. The third-order valence-electron chi connectivity index (χ3n) is 3.36. The van der Waals surface area contributed by atoms with E-state index in [4.69, 9.17) is 5.26 Å². The number of rotatable bonds is 3. The van der Waals surface area contributed by atoms with Crippen LogP contribution in [0.15, 0.2) is 12.1 Å². The van der Waals surface area contributed by atoms with E-state index >= 15 is 0 Å². The molecule has 0 spiro atoms. The monoisotopic (exact) mass is 284 g/mol. The Morgan fingerprint density at radius 2 is 2.25 bits per heavy atom. The van der Waals surface area contributed by atoms with Crippen molar-refractivity contribution in [3.05, 3.63) is 23.4 Å². The first-order valence-corrected chi connectivity index (χ1v) is 6.33. The van der Waals surface area contributed by atoms with E-state index in [0.29, 0.717) is 19.0 Å². The lowest BCUT2D eigenvalue weighted by molar-refractivity contribution is -0.141. The molecule has 1 atom stereocenters. The van der Waals surface area contributed by atoms with Gasteiger partial charge < -0.3 is 10.2 Å². The van der Waals surface area contributed by atoms with Gasteiger partial charge in [0.2, 0.25) is 0 Å². The Balaban J connectivity index is 2.28. The Kier molecular flexibility index (Phi) is 4.14. The van der Waals surface area contributed by atoms with Crippen LogP contribution >= 0.6 is 0 Å². The number of hydrogen-bond acceptors (Lipinski definition) is 4. The van der Waals surface area contributed by atoms with E-state index in [1.54, 1.807) is 4.90 Å². The molecule has 0 amide bonds. The largest absolute Gasteiger partial charge is 0.433 e. The van der Waals surface area contributed by atoms with Crippen molar-refractivity contribution in [1.82, 2.24) is 10.3 Å². The molecule has 1 fully saturated rings. The number of nitrogens with zero attached hydrogens (tertiary/aromatic N) is 3. The Hall–Kier alpha value is -1.81. The maximum atomic E-state index is 12.7. The molecule has 0 radical (unpaired) electrons. The molecular formula is C13H15F3N4. The van der Waals surface area contributed by atoms with Crippen LogP contribution in [0.25, 0.3) is 0 Å². The van der Waals surface area contributed by atoms with Crippen molar-refractivity contribution in [1.29, 1.82) is 5.26 Å². The highest BCUT2D eigenvalue weighted by Gasteiger charge is 2.34. The second-order valence-electron chi connectivity index (χ2n) is 4.84. The molecule has 1 aliphatic rings. The molecule has 1 saturated heterocycles. The molecule has 1 aromatic rings. The number of nitriles is 1. The van der Waals surface area contributed by atoms with Gasteiger partial charge >= 0.3 is 6.18 Å². The van der Waals surface area contributed by atoms with Crippen LogP contribution in [0.3, 0.4) is 0 Å². The van der Waals surface area contributed by atoms with Gasteiger partial charge in [0, 0.05) is 13.1 Å². The van der Waals surface area contributed by atoms with Gasteiger partial charge in [0.1, 0.15) is 17.6 Å². The molecule has 1 aromatic heterocycles. The Bertz CT molecular complexity index is 521. The second kappa shape index (κ2) is 5.67. The van der Waals surface area contributed by atoms with Gasteiger partial charge in [-0.25, -0.2) is 4.98 Å². The van der Waals surface area contributed by atoms with Crippen molar-refractivity contribution in [2.24, 2.45) is 5.92 Å². The highest BCUT2D eigenvalue weighted by atomic mass is 19.4. The summed E-state index contributed by atoms with van der Waals surface area (Å²) in [6, 6.07) is 3.95. The van der Waals surface area contributed by atoms with Crippen LogP contribution in [0.4, 0.5) is 19.0 Å². The van der Waals surface area contributed by atoms with Crippen molar-refractivity contribution < 1.29 is 13.2 Å². The molecule has 108 valence electrons. The molecule has 2 heterocycles. The molecule has 1 aliphatic heterocycles. The highest BCUT2D eigenvalue weighted by molar-refractivity contribution is 5.55. The zero-order valence-electron chi connectivity index (χ0n) is 11.0. The van der Waals surface area contributed by atoms with Gasteiger partial charge in [-0.1, -0.05) is 0 Å². The van der Waals surface area contributed by atoms with Gasteiger partial charge in [-0.05, 0) is 38.1 Å². The van der Waals surface area contributed by atoms with E-state index in [9.17, 15) is 13.2 Å². The number of hydrogen-bond donors (Lipinski definition) is 1. The van der Waals surface area contributed by atoms with Gasteiger partial charge in [-0.2, -0.15) is 18.4 Å². The Labute approximate surface area is 115 Å². The number of nitrogens with one attached hydrogen (secondary N) is 1. The number of halogens is 3. The zero-order valence-corrected chi connectivity index (χ0v) is 11.0. The quantitative estimate of drug-likeness (QED) is 0.922. The van der Waals surface area contributed by atoms with Crippen molar-refractivity contribution in [2.75, 3.05) is 31.6 Å². The lowest BCUT2D eigenvalue weighted by atomic mass is 10.1. The van der Waals surface area contributed by atoms with E-state index in [-0.39, 0.29) is 11.4 Å². The first kappa shape index (κ1) is 14.6. The maximum absolute atomic E-state index is 12.7. The molecule has 20 heavy (non-hydrogen) atoms. The number of anilines is 1. The third-order valence-corrected chi connectivity index (χ3v) is 3.36. The van der Waals surface area contributed by atoms with Gasteiger partial charge in [0.05, 0.1) is 5.56 Å². The van der Waals surface area contributed by atoms with Crippen molar-refractivity contribution >= 4 is 5.82 Å². The van der Waals surface area contributed by atoms with Crippen molar-refractivity contribution in [2.45, 2.75) is 12.6 Å². The number of aromatic nitrogens is 1. The molecular weight excluding hydrogens is 269 g/mol. The van der Waals surface area contributed by atoms with Crippen molar-refractivity contribution in [3.8, 4) is 6.07 Å². The summed E-state index contributed by atoms with van der Waals surface area (Å²) in [7, 11) is 1.84. The second-order valence-corrected chi connectivity index (χ2v) is 4.84. The fraction of sp³-hybridized carbons (Fsp3) is 0.538. The topological polar surface area (TPSA) is 52.0 Å². The average Bonchev–Trinajstić information content (AvgIpc) is 2.86. The molecule has 4 nitrogen and oxygen atoms in total. The molecule has 1 N–H and O–H groups in total. The Morgan fingerprint density at radius 1 is 1.50 bits per heavy atom. The SMILES string of the molecule is CNCC1CCN(c2nc(C(F)(F)F)ccc2C#N)C1. The summed E-state index contributed by atoms with van der Waals surface area (Å²) >= 11 is 0. The van der Waals surface area contributed by atoms with E-state index in [0.717, 1.165) is 19.0 Å². The lowest BCUT2D eigenvalue weighted by Crippen LogP contribution is -2.26. The highest BCUT2D eigenvalue weighted by Crippen LogP contribution is 2.32. The molecule has 0 aromatic carbocycles. The summed E-state index contributed by atoms with van der Waals surface area (Å²) in [6.45, 7) is 2.04. The number of alkyl halides is 3. The smallest absolute Gasteiger partial charge is 0.355 e. The maximum Gasteiger partial charge on any atom is 0.433 e. The minimum Gasteiger partial charge on any atom is -0.355 e. The van der Waals surface area contributed by atoms with E-state index in [1.165, 1.54) is 6.07 Å². The van der Waals surface area contributed by atoms with Crippen molar-refractivity contribution in [3.63, 3.8) is 0 Å². The van der Waals surface area contributed by atoms with Gasteiger partial charge in [0.25, 0.3) is 0 Å².